The highest BCUT2D eigenvalue weighted by molar-refractivity contribution is 5.53. The van der Waals surface area contributed by atoms with Crippen LogP contribution >= 0.6 is 0 Å². The molecule has 1 fully saturated rings. The van der Waals surface area contributed by atoms with Gasteiger partial charge in [0.1, 0.15) is 0 Å². The molecule has 1 aromatic carbocycles. The van der Waals surface area contributed by atoms with Crippen LogP contribution in [0, 0.1) is 24.0 Å². The summed E-state index contributed by atoms with van der Waals surface area (Å²) in [5.74, 6) is 0. The minimum atomic E-state index is -0.350. The van der Waals surface area contributed by atoms with Gasteiger partial charge in [-0.2, -0.15) is 5.10 Å². The Bertz CT molecular complexity index is 689. The lowest BCUT2D eigenvalue weighted by atomic mass is 10.1. The molecular weight excluding hydrogens is 268 g/mol. The molecule has 6 nitrogen and oxygen atoms in total. The summed E-state index contributed by atoms with van der Waals surface area (Å²) in [5.41, 5.74) is 3.48. The molecule has 110 valence electrons. The Labute approximate surface area is 122 Å². The number of hydrogen-bond acceptors (Lipinski definition) is 4. The van der Waals surface area contributed by atoms with Crippen molar-refractivity contribution in [1.29, 1.82) is 0 Å². The maximum atomic E-state index is 11.1. The van der Waals surface area contributed by atoms with Gasteiger partial charge in [0.15, 0.2) is 0 Å². The molecule has 2 aromatic rings. The maximum Gasteiger partial charge on any atom is 0.274 e. The fourth-order valence-electron chi connectivity index (χ4n) is 2.40. The Hall–Kier alpha value is -2.21. The molecule has 0 radical (unpaired) electrons. The van der Waals surface area contributed by atoms with Crippen molar-refractivity contribution >= 4 is 5.69 Å². The van der Waals surface area contributed by atoms with Gasteiger partial charge in [0.05, 0.1) is 16.3 Å². The molecule has 1 heterocycles. The summed E-state index contributed by atoms with van der Waals surface area (Å²) in [5, 5.41) is 19.0. The predicted octanol–water partition coefficient (Wildman–Crippen LogP) is 2.65. The summed E-state index contributed by atoms with van der Waals surface area (Å²) < 4.78 is 1.71. The molecule has 0 unspecified atom stereocenters. The minimum absolute atomic E-state index is 0.128. The first-order chi connectivity index (χ1) is 10.0. The van der Waals surface area contributed by atoms with E-state index in [0.29, 0.717) is 11.6 Å². The van der Waals surface area contributed by atoms with Crippen LogP contribution in [0.1, 0.15) is 29.7 Å². The second-order valence-corrected chi connectivity index (χ2v) is 5.59. The van der Waals surface area contributed by atoms with Crippen molar-refractivity contribution < 1.29 is 4.92 Å². The molecule has 3 rings (SSSR count). The second-order valence-electron chi connectivity index (χ2n) is 5.59. The first-order valence-corrected chi connectivity index (χ1v) is 7.08. The summed E-state index contributed by atoms with van der Waals surface area (Å²) in [7, 11) is 0. The molecule has 1 saturated carbocycles. The van der Waals surface area contributed by atoms with Crippen molar-refractivity contribution in [2.24, 2.45) is 0 Å². The third kappa shape index (κ3) is 2.95. The quantitative estimate of drug-likeness (QED) is 0.677. The van der Waals surface area contributed by atoms with Gasteiger partial charge in [0.25, 0.3) is 5.69 Å². The van der Waals surface area contributed by atoms with Gasteiger partial charge in [0, 0.05) is 30.4 Å². The van der Waals surface area contributed by atoms with E-state index in [-0.39, 0.29) is 10.6 Å². The first-order valence-electron chi connectivity index (χ1n) is 7.08. The van der Waals surface area contributed by atoms with Crippen LogP contribution in [0.5, 0.6) is 0 Å². The number of rotatable bonds is 5. The van der Waals surface area contributed by atoms with Crippen LogP contribution in [-0.2, 0) is 6.54 Å². The van der Waals surface area contributed by atoms with Crippen molar-refractivity contribution in [3.63, 3.8) is 0 Å². The monoisotopic (exact) mass is 286 g/mol. The molecule has 0 atom stereocenters. The van der Waals surface area contributed by atoms with Crippen molar-refractivity contribution in [3.8, 4) is 5.69 Å². The SMILES string of the molecule is Cc1cc(C)c([N+](=O)[O-])cc1-n1ccc(CNC2CC2)n1. The first kappa shape index (κ1) is 13.8. The molecule has 0 bridgehead atoms. The molecule has 0 aliphatic heterocycles. The normalized spacial score (nSPS) is 14.4. The average molecular weight is 286 g/mol. The van der Waals surface area contributed by atoms with Crippen molar-refractivity contribution in [1.82, 2.24) is 15.1 Å². The van der Waals surface area contributed by atoms with Gasteiger partial charge in [-0.3, -0.25) is 10.1 Å². The number of aryl methyl sites for hydroxylation is 2. The van der Waals surface area contributed by atoms with E-state index in [0.717, 1.165) is 23.5 Å². The maximum absolute atomic E-state index is 11.1. The zero-order valence-electron chi connectivity index (χ0n) is 12.2. The Morgan fingerprint density at radius 2 is 2.14 bits per heavy atom. The Kier molecular flexibility index (Phi) is 3.47. The summed E-state index contributed by atoms with van der Waals surface area (Å²) >= 11 is 0. The smallest absolute Gasteiger partial charge is 0.274 e. The van der Waals surface area contributed by atoms with E-state index in [1.807, 2.05) is 25.3 Å². The van der Waals surface area contributed by atoms with Gasteiger partial charge in [-0.1, -0.05) is 0 Å². The van der Waals surface area contributed by atoms with Gasteiger partial charge < -0.3 is 5.32 Å². The van der Waals surface area contributed by atoms with E-state index in [1.54, 1.807) is 17.7 Å². The lowest BCUT2D eigenvalue weighted by Crippen LogP contribution is -2.15. The molecule has 0 saturated heterocycles. The molecule has 1 N–H and O–H groups in total. The van der Waals surface area contributed by atoms with Gasteiger partial charge in [-0.15, -0.1) is 0 Å². The highest BCUT2D eigenvalue weighted by atomic mass is 16.6. The van der Waals surface area contributed by atoms with Crippen LogP contribution in [0.3, 0.4) is 0 Å². The molecule has 6 heteroatoms. The van der Waals surface area contributed by atoms with Gasteiger partial charge in [-0.05, 0) is 44.4 Å². The van der Waals surface area contributed by atoms with Crippen molar-refractivity contribution in [2.75, 3.05) is 0 Å². The zero-order chi connectivity index (χ0) is 15.0. The van der Waals surface area contributed by atoms with Crippen LogP contribution < -0.4 is 5.32 Å². The van der Waals surface area contributed by atoms with E-state index in [4.69, 9.17) is 0 Å². The number of nitrogens with zero attached hydrogens (tertiary/aromatic N) is 3. The number of hydrogen-bond donors (Lipinski definition) is 1. The van der Waals surface area contributed by atoms with Crippen LogP contribution in [0.2, 0.25) is 0 Å². The molecule has 1 aliphatic carbocycles. The summed E-state index contributed by atoms with van der Waals surface area (Å²) in [6, 6.07) is 6.01. The summed E-state index contributed by atoms with van der Waals surface area (Å²) in [4.78, 5) is 10.7. The predicted molar refractivity (Wildman–Crippen MR) is 79.6 cm³/mol. The molecule has 0 spiro atoms. The number of nitro groups is 1. The number of benzene rings is 1. The molecule has 21 heavy (non-hydrogen) atoms. The van der Waals surface area contributed by atoms with E-state index in [9.17, 15) is 10.1 Å². The Morgan fingerprint density at radius 3 is 2.81 bits per heavy atom. The highest BCUT2D eigenvalue weighted by Gasteiger charge is 2.20. The number of nitrogens with one attached hydrogen (secondary N) is 1. The highest BCUT2D eigenvalue weighted by Crippen LogP contribution is 2.25. The van der Waals surface area contributed by atoms with Gasteiger partial charge in [0.2, 0.25) is 0 Å². The fraction of sp³-hybridized carbons (Fsp3) is 0.400. The Morgan fingerprint density at radius 1 is 1.38 bits per heavy atom. The third-order valence-electron chi connectivity index (χ3n) is 3.75. The van der Waals surface area contributed by atoms with Crippen LogP contribution in [0.25, 0.3) is 5.69 Å². The van der Waals surface area contributed by atoms with E-state index in [2.05, 4.69) is 10.4 Å². The van der Waals surface area contributed by atoms with E-state index < -0.39 is 0 Å². The van der Waals surface area contributed by atoms with Crippen molar-refractivity contribution in [3.05, 3.63) is 51.3 Å². The lowest BCUT2D eigenvalue weighted by Gasteiger charge is -2.08. The van der Waals surface area contributed by atoms with Crippen LogP contribution in [0.4, 0.5) is 5.69 Å². The topological polar surface area (TPSA) is 73.0 Å². The molecular formula is C15H18N4O2. The largest absolute Gasteiger partial charge is 0.308 e. The van der Waals surface area contributed by atoms with E-state index >= 15 is 0 Å². The summed E-state index contributed by atoms with van der Waals surface area (Å²) in [6.07, 6.45) is 4.33. The Balaban J connectivity index is 1.88. The number of nitro benzene ring substituents is 1. The molecule has 1 aromatic heterocycles. The average Bonchev–Trinajstić information content (AvgIpc) is 3.14. The summed E-state index contributed by atoms with van der Waals surface area (Å²) in [6.45, 7) is 4.43. The second kappa shape index (κ2) is 5.29. The fourth-order valence-corrected chi connectivity index (χ4v) is 2.40. The standard InChI is InChI=1S/C15H18N4O2/c1-10-7-11(2)15(19(20)21)8-14(10)18-6-5-13(17-18)9-16-12-3-4-12/h5-8,12,16H,3-4,9H2,1-2H3. The van der Waals surface area contributed by atoms with Gasteiger partial charge >= 0.3 is 0 Å². The van der Waals surface area contributed by atoms with Crippen LogP contribution in [0.15, 0.2) is 24.4 Å². The van der Waals surface area contributed by atoms with Crippen molar-refractivity contribution in [2.45, 2.75) is 39.3 Å². The third-order valence-corrected chi connectivity index (χ3v) is 3.75. The van der Waals surface area contributed by atoms with Crippen LogP contribution in [-0.4, -0.2) is 20.7 Å². The minimum Gasteiger partial charge on any atom is -0.308 e. The van der Waals surface area contributed by atoms with E-state index in [1.165, 1.54) is 12.8 Å². The van der Waals surface area contributed by atoms with Gasteiger partial charge in [-0.25, -0.2) is 4.68 Å². The lowest BCUT2D eigenvalue weighted by molar-refractivity contribution is -0.385. The zero-order valence-corrected chi connectivity index (χ0v) is 12.2. The molecule has 0 amide bonds. The number of aromatic nitrogens is 2. The molecule has 1 aliphatic rings.